The third-order valence-corrected chi connectivity index (χ3v) is 3.86. The molecule has 1 aromatic carbocycles. The summed E-state index contributed by atoms with van der Waals surface area (Å²) < 4.78 is 0. The molecule has 0 saturated carbocycles. The van der Waals surface area contributed by atoms with Gasteiger partial charge in [-0.15, -0.1) is 12.4 Å². The van der Waals surface area contributed by atoms with Crippen LogP contribution in [0.4, 0.5) is 5.69 Å². The Bertz CT molecular complexity index is 518. The quantitative estimate of drug-likeness (QED) is 0.749. The lowest BCUT2D eigenvalue weighted by molar-refractivity contribution is -0.121. The van der Waals surface area contributed by atoms with Gasteiger partial charge in [0.15, 0.2) is 0 Å². The minimum absolute atomic E-state index is 0. The Hall–Kier alpha value is -1.59. The summed E-state index contributed by atoms with van der Waals surface area (Å²) in [6.45, 7) is 6.40. The van der Waals surface area contributed by atoms with Crippen LogP contribution >= 0.6 is 12.4 Å². The van der Waals surface area contributed by atoms with Gasteiger partial charge in [-0.25, -0.2) is 0 Å². The van der Waals surface area contributed by atoms with E-state index in [0.29, 0.717) is 23.7 Å². The SMILES string of the molecule is CCCNC(=O)c1cccc(NC(=O)C(C)C2CNC2)c1.Cl. The molecular formula is C16H24ClN3O2. The monoisotopic (exact) mass is 325 g/mol. The summed E-state index contributed by atoms with van der Waals surface area (Å²) in [4.78, 5) is 24.1. The molecule has 0 aromatic heterocycles. The second-order valence-electron chi connectivity index (χ2n) is 5.53. The van der Waals surface area contributed by atoms with E-state index in [4.69, 9.17) is 0 Å². The van der Waals surface area contributed by atoms with Gasteiger partial charge in [-0.3, -0.25) is 9.59 Å². The number of nitrogens with one attached hydrogen (secondary N) is 3. The molecule has 22 heavy (non-hydrogen) atoms. The number of halogens is 1. The van der Waals surface area contributed by atoms with E-state index < -0.39 is 0 Å². The lowest BCUT2D eigenvalue weighted by atomic mass is 9.88. The second-order valence-corrected chi connectivity index (χ2v) is 5.53. The maximum Gasteiger partial charge on any atom is 0.251 e. The summed E-state index contributed by atoms with van der Waals surface area (Å²) in [5.74, 6) is 0.279. The van der Waals surface area contributed by atoms with Crippen molar-refractivity contribution in [3.8, 4) is 0 Å². The predicted octanol–water partition coefficient (Wildman–Crippen LogP) is 2.04. The fraction of sp³-hybridized carbons (Fsp3) is 0.500. The van der Waals surface area contributed by atoms with E-state index in [1.54, 1.807) is 24.3 Å². The van der Waals surface area contributed by atoms with Gasteiger partial charge in [0.25, 0.3) is 5.91 Å². The number of carbonyl (C=O) groups excluding carboxylic acids is 2. The molecule has 0 radical (unpaired) electrons. The van der Waals surface area contributed by atoms with Gasteiger partial charge < -0.3 is 16.0 Å². The Balaban J connectivity index is 0.00000242. The Morgan fingerprint density at radius 2 is 2.09 bits per heavy atom. The number of hydrogen-bond acceptors (Lipinski definition) is 3. The van der Waals surface area contributed by atoms with E-state index in [-0.39, 0.29) is 30.1 Å². The molecule has 1 aliphatic heterocycles. The Morgan fingerprint density at radius 3 is 2.68 bits per heavy atom. The molecule has 1 fully saturated rings. The smallest absolute Gasteiger partial charge is 0.251 e. The van der Waals surface area contributed by atoms with Gasteiger partial charge in [0, 0.05) is 23.7 Å². The Labute approximate surface area is 137 Å². The molecule has 0 aliphatic carbocycles. The predicted molar refractivity (Wildman–Crippen MR) is 90.5 cm³/mol. The third-order valence-electron chi connectivity index (χ3n) is 3.86. The average molecular weight is 326 g/mol. The summed E-state index contributed by atoms with van der Waals surface area (Å²) in [6, 6.07) is 7.06. The molecule has 6 heteroatoms. The molecule has 2 amide bonds. The number of amides is 2. The van der Waals surface area contributed by atoms with Gasteiger partial charge in [0.1, 0.15) is 0 Å². The van der Waals surface area contributed by atoms with Crippen LogP contribution in [0.2, 0.25) is 0 Å². The van der Waals surface area contributed by atoms with Gasteiger partial charge in [-0.05, 0) is 43.6 Å². The number of hydrogen-bond donors (Lipinski definition) is 3. The lowest BCUT2D eigenvalue weighted by Gasteiger charge is -2.31. The fourth-order valence-corrected chi connectivity index (χ4v) is 2.21. The summed E-state index contributed by atoms with van der Waals surface area (Å²) in [5, 5.41) is 8.90. The first kappa shape index (κ1) is 18.5. The van der Waals surface area contributed by atoms with Crippen molar-refractivity contribution >= 4 is 29.9 Å². The maximum atomic E-state index is 12.2. The van der Waals surface area contributed by atoms with E-state index in [1.165, 1.54) is 0 Å². The highest BCUT2D eigenvalue weighted by molar-refractivity contribution is 5.97. The number of benzene rings is 1. The Kier molecular flexibility index (Phi) is 7.35. The number of rotatable bonds is 6. The van der Waals surface area contributed by atoms with Crippen LogP contribution < -0.4 is 16.0 Å². The van der Waals surface area contributed by atoms with Gasteiger partial charge in [-0.1, -0.05) is 19.9 Å². The Morgan fingerprint density at radius 1 is 1.36 bits per heavy atom. The second kappa shape index (κ2) is 8.76. The van der Waals surface area contributed by atoms with E-state index in [9.17, 15) is 9.59 Å². The zero-order valence-electron chi connectivity index (χ0n) is 13.0. The molecule has 1 aliphatic rings. The van der Waals surface area contributed by atoms with E-state index in [1.807, 2.05) is 13.8 Å². The zero-order chi connectivity index (χ0) is 15.2. The number of anilines is 1. The molecule has 1 aromatic rings. The fourth-order valence-electron chi connectivity index (χ4n) is 2.21. The highest BCUT2D eigenvalue weighted by Gasteiger charge is 2.28. The topological polar surface area (TPSA) is 70.2 Å². The molecule has 0 spiro atoms. The van der Waals surface area contributed by atoms with Crippen molar-refractivity contribution in [1.29, 1.82) is 0 Å². The van der Waals surface area contributed by atoms with Crippen molar-refractivity contribution in [3.63, 3.8) is 0 Å². The first-order chi connectivity index (χ1) is 10.1. The molecule has 5 nitrogen and oxygen atoms in total. The van der Waals surface area contributed by atoms with Crippen molar-refractivity contribution in [2.45, 2.75) is 20.3 Å². The average Bonchev–Trinajstić information content (AvgIpc) is 2.43. The summed E-state index contributed by atoms with van der Waals surface area (Å²) in [7, 11) is 0. The van der Waals surface area contributed by atoms with Crippen molar-refractivity contribution < 1.29 is 9.59 Å². The molecule has 122 valence electrons. The van der Waals surface area contributed by atoms with E-state index >= 15 is 0 Å². The zero-order valence-corrected chi connectivity index (χ0v) is 13.8. The molecule has 2 rings (SSSR count). The first-order valence-corrected chi connectivity index (χ1v) is 7.51. The van der Waals surface area contributed by atoms with Crippen molar-refractivity contribution in [2.24, 2.45) is 11.8 Å². The van der Waals surface area contributed by atoms with Crippen molar-refractivity contribution in [2.75, 3.05) is 25.0 Å². The van der Waals surface area contributed by atoms with Crippen LogP contribution in [0, 0.1) is 11.8 Å². The molecule has 1 atom stereocenters. The van der Waals surface area contributed by atoms with Gasteiger partial charge >= 0.3 is 0 Å². The van der Waals surface area contributed by atoms with Crippen LogP contribution in [-0.4, -0.2) is 31.4 Å². The van der Waals surface area contributed by atoms with Crippen LogP contribution in [0.15, 0.2) is 24.3 Å². The minimum atomic E-state index is -0.107. The largest absolute Gasteiger partial charge is 0.352 e. The van der Waals surface area contributed by atoms with Crippen LogP contribution in [0.3, 0.4) is 0 Å². The van der Waals surface area contributed by atoms with Gasteiger partial charge in [-0.2, -0.15) is 0 Å². The lowest BCUT2D eigenvalue weighted by Crippen LogP contribution is -2.48. The number of carbonyl (C=O) groups is 2. The molecule has 0 bridgehead atoms. The summed E-state index contributed by atoms with van der Waals surface area (Å²) >= 11 is 0. The van der Waals surface area contributed by atoms with E-state index in [0.717, 1.165) is 19.5 Å². The van der Waals surface area contributed by atoms with Gasteiger partial charge in [0.05, 0.1) is 0 Å². The summed E-state index contributed by atoms with van der Waals surface area (Å²) in [5.41, 5.74) is 1.24. The highest BCUT2D eigenvalue weighted by Crippen LogP contribution is 2.19. The molecular weight excluding hydrogens is 302 g/mol. The van der Waals surface area contributed by atoms with Crippen LogP contribution in [-0.2, 0) is 4.79 Å². The molecule has 1 saturated heterocycles. The maximum absolute atomic E-state index is 12.2. The summed E-state index contributed by atoms with van der Waals surface area (Å²) in [6.07, 6.45) is 0.898. The molecule has 1 unspecified atom stereocenters. The van der Waals surface area contributed by atoms with Gasteiger partial charge in [0.2, 0.25) is 5.91 Å². The normalized spacial score (nSPS) is 15.2. The van der Waals surface area contributed by atoms with Crippen molar-refractivity contribution in [1.82, 2.24) is 10.6 Å². The third kappa shape index (κ3) is 4.71. The molecule has 3 N–H and O–H groups in total. The van der Waals surface area contributed by atoms with Crippen molar-refractivity contribution in [3.05, 3.63) is 29.8 Å². The minimum Gasteiger partial charge on any atom is -0.352 e. The van der Waals surface area contributed by atoms with Crippen LogP contribution in [0.1, 0.15) is 30.6 Å². The van der Waals surface area contributed by atoms with Crippen LogP contribution in [0.5, 0.6) is 0 Å². The first-order valence-electron chi connectivity index (χ1n) is 7.51. The standard InChI is InChI=1S/C16H23N3O2.ClH/c1-3-7-18-16(21)12-5-4-6-14(8-12)19-15(20)11(2)13-9-17-10-13;/h4-6,8,11,13,17H,3,7,9-10H2,1-2H3,(H,18,21)(H,19,20);1H. The highest BCUT2D eigenvalue weighted by atomic mass is 35.5. The van der Waals surface area contributed by atoms with Crippen LogP contribution in [0.25, 0.3) is 0 Å². The molecule has 1 heterocycles. The van der Waals surface area contributed by atoms with E-state index in [2.05, 4.69) is 16.0 Å².